The van der Waals surface area contributed by atoms with Crippen molar-refractivity contribution in [1.29, 1.82) is 0 Å². The number of rotatable bonds is 2. The highest BCUT2D eigenvalue weighted by Gasteiger charge is 2.37. The van der Waals surface area contributed by atoms with Gasteiger partial charge in [0.25, 0.3) is 0 Å². The molecule has 0 aromatic rings. The number of carbonyl (C=O) groups is 1. The van der Waals surface area contributed by atoms with Crippen LogP contribution in [0.15, 0.2) is 0 Å². The zero-order chi connectivity index (χ0) is 9.42. The second kappa shape index (κ2) is 3.23. The smallest absolute Gasteiger partial charge is 0.237 e. The largest absolute Gasteiger partial charge is 0.350 e. The molecule has 74 valence electrons. The van der Waals surface area contributed by atoms with Crippen molar-refractivity contribution in [2.75, 3.05) is 6.54 Å². The van der Waals surface area contributed by atoms with Gasteiger partial charge < -0.3 is 16.4 Å². The van der Waals surface area contributed by atoms with E-state index < -0.39 is 6.17 Å². The number of alkyl halides is 1. The standard InChI is InChI=1S/C8H14FN3O/c9-4-1-7(11-3-4)8(13)12-6-2-5(6)10/h4-7,11H,1-3,10H2,(H,12,13)/t4-,5?,6?,7+/m0/s1. The number of halogens is 1. The summed E-state index contributed by atoms with van der Waals surface area (Å²) in [4.78, 5) is 11.4. The SMILES string of the molecule is NC1CC1NC(=O)[C@H]1C[C@H](F)CN1. The first kappa shape index (κ1) is 8.90. The number of nitrogens with one attached hydrogen (secondary N) is 2. The normalized spacial score (nSPS) is 43.2. The Morgan fingerprint density at radius 3 is 2.69 bits per heavy atom. The second-order valence-electron chi connectivity index (χ2n) is 3.81. The Morgan fingerprint density at radius 2 is 2.23 bits per heavy atom. The Kier molecular flexibility index (Phi) is 2.21. The summed E-state index contributed by atoms with van der Waals surface area (Å²) < 4.78 is 12.7. The van der Waals surface area contributed by atoms with Crippen molar-refractivity contribution in [1.82, 2.24) is 10.6 Å². The highest BCUT2D eigenvalue weighted by molar-refractivity contribution is 5.82. The first-order chi connectivity index (χ1) is 6.16. The van der Waals surface area contributed by atoms with Crippen LogP contribution in [0.4, 0.5) is 4.39 Å². The van der Waals surface area contributed by atoms with Crippen LogP contribution >= 0.6 is 0 Å². The molecule has 0 radical (unpaired) electrons. The van der Waals surface area contributed by atoms with Gasteiger partial charge in [0.1, 0.15) is 6.17 Å². The third-order valence-corrected chi connectivity index (χ3v) is 2.56. The number of amides is 1. The number of hydrogen-bond acceptors (Lipinski definition) is 3. The molecule has 1 amide bonds. The molecular weight excluding hydrogens is 173 g/mol. The number of nitrogens with two attached hydrogens (primary N) is 1. The van der Waals surface area contributed by atoms with Gasteiger partial charge in [0, 0.05) is 25.0 Å². The first-order valence-corrected chi connectivity index (χ1v) is 4.60. The van der Waals surface area contributed by atoms with E-state index in [2.05, 4.69) is 10.6 Å². The molecule has 5 heteroatoms. The highest BCUT2D eigenvalue weighted by atomic mass is 19.1. The molecule has 4 atom stereocenters. The molecule has 0 aromatic heterocycles. The molecule has 2 rings (SSSR count). The summed E-state index contributed by atoms with van der Waals surface area (Å²) >= 11 is 0. The van der Waals surface area contributed by atoms with E-state index in [1.807, 2.05) is 0 Å². The van der Waals surface area contributed by atoms with Crippen LogP contribution in [0.1, 0.15) is 12.8 Å². The summed E-state index contributed by atoms with van der Waals surface area (Å²) in [7, 11) is 0. The predicted molar refractivity (Wildman–Crippen MR) is 45.8 cm³/mol. The minimum atomic E-state index is -0.886. The summed E-state index contributed by atoms with van der Waals surface area (Å²) in [6, 6.07) is -0.137. The molecule has 4 N–H and O–H groups in total. The van der Waals surface area contributed by atoms with Crippen molar-refractivity contribution in [3.8, 4) is 0 Å². The molecule has 1 aliphatic carbocycles. The average Bonchev–Trinajstić information content (AvgIpc) is 2.62. The van der Waals surface area contributed by atoms with Crippen LogP contribution in [0, 0.1) is 0 Å². The van der Waals surface area contributed by atoms with Gasteiger partial charge in [-0.3, -0.25) is 4.79 Å². The lowest BCUT2D eigenvalue weighted by Crippen LogP contribution is -2.42. The fourth-order valence-corrected chi connectivity index (χ4v) is 1.56. The molecule has 1 heterocycles. The summed E-state index contributed by atoms with van der Waals surface area (Å²) in [6.07, 6.45) is 0.245. The van der Waals surface area contributed by atoms with E-state index in [0.29, 0.717) is 0 Å². The zero-order valence-electron chi connectivity index (χ0n) is 7.29. The van der Waals surface area contributed by atoms with Crippen molar-refractivity contribution in [2.45, 2.75) is 37.1 Å². The van der Waals surface area contributed by atoms with E-state index in [1.165, 1.54) is 0 Å². The van der Waals surface area contributed by atoms with Crippen LogP contribution in [0.2, 0.25) is 0 Å². The van der Waals surface area contributed by atoms with Crippen LogP contribution in [-0.4, -0.2) is 36.7 Å². The Morgan fingerprint density at radius 1 is 1.54 bits per heavy atom. The van der Waals surface area contributed by atoms with Gasteiger partial charge in [-0.1, -0.05) is 0 Å². The topological polar surface area (TPSA) is 67.1 Å². The fourth-order valence-electron chi connectivity index (χ4n) is 1.56. The lowest BCUT2D eigenvalue weighted by atomic mass is 10.2. The van der Waals surface area contributed by atoms with E-state index in [1.54, 1.807) is 0 Å². The molecule has 4 nitrogen and oxygen atoms in total. The van der Waals surface area contributed by atoms with Gasteiger partial charge in [-0.25, -0.2) is 4.39 Å². The van der Waals surface area contributed by atoms with Gasteiger partial charge in [-0.05, 0) is 6.42 Å². The number of carbonyl (C=O) groups excluding carboxylic acids is 1. The number of hydrogen-bond donors (Lipinski definition) is 3. The monoisotopic (exact) mass is 187 g/mol. The van der Waals surface area contributed by atoms with Gasteiger partial charge in [0.2, 0.25) is 5.91 Å². The molecule has 0 bridgehead atoms. The molecule has 2 aliphatic rings. The molecule has 0 spiro atoms. The molecule has 1 saturated heterocycles. The Balaban J connectivity index is 1.77. The molecular formula is C8H14FN3O. The quantitative estimate of drug-likeness (QED) is 0.514. The lowest BCUT2D eigenvalue weighted by molar-refractivity contribution is -0.123. The maximum atomic E-state index is 12.7. The van der Waals surface area contributed by atoms with Gasteiger partial charge >= 0.3 is 0 Å². The Labute approximate surface area is 76.0 Å². The summed E-state index contributed by atoms with van der Waals surface area (Å²) in [5.74, 6) is -0.113. The van der Waals surface area contributed by atoms with E-state index in [4.69, 9.17) is 5.73 Å². The second-order valence-corrected chi connectivity index (χ2v) is 3.81. The zero-order valence-corrected chi connectivity index (χ0v) is 7.29. The van der Waals surface area contributed by atoms with E-state index in [9.17, 15) is 9.18 Å². The molecule has 2 fully saturated rings. The molecule has 2 unspecified atom stereocenters. The van der Waals surface area contributed by atoms with Gasteiger partial charge in [-0.2, -0.15) is 0 Å². The highest BCUT2D eigenvalue weighted by Crippen LogP contribution is 2.19. The average molecular weight is 187 g/mol. The van der Waals surface area contributed by atoms with E-state index in [-0.39, 0.29) is 37.0 Å². The van der Waals surface area contributed by atoms with Gasteiger partial charge in [0.15, 0.2) is 0 Å². The van der Waals surface area contributed by atoms with Crippen molar-refractivity contribution < 1.29 is 9.18 Å². The molecule has 1 saturated carbocycles. The minimum Gasteiger partial charge on any atom is -0.350 e. The van der Waals surface area contributed by atoms with Crippen LogP contribution in [0.5, 0.6) is 0 Å². The van der Waals surface area contributed by atoms with Crippen molar-refractivity contribution in [2.24, 2.45) is 5.73 Å². The predicted octanol–water partition coefficient (Wildman–Crippen LogP) is -1.10. The summed E-state index contributed by atoms with van der Waals surface area (Å²) in [5.41, 5.74) is 5.53. The minimum absolute atomic E-state index is 0.103. The van der Waals surface area contributed by atoms with Crippen LogP contribution in [0.3, 0.4) is 0 Å². The van der Waals surface area contributed by atoms with E-state index in [0.717, 1.165) is 6.42 Å². The van der Waals surface area contributed by atoms with Crippen LogP contribution < -0.4 is 16.4 Å². The van der Waals surface area contributed by atoms with Gasteiger partial charge in [0.05, 0.1) is 6.04 Å². The summed E-state index contributed by atoms with van der Waals surface area (Å²) in [5, 5.41) is 5.60. The Bertz CT molecular complexity index is 223. The molecule has 13 heavy (non-hydrogen) atoms. The van der Waals surface area contributed by atoms with E-state index >= 15 is 0 Å². The van der Waals surface area contributed by atoms with Crippen LogP contribution in [-0.2, 0) is 4.79 Å². The lowest BCUT2D eigenvalue weighted by Gasteiger charge is -2.09. The maximum absolute atomic E-state index is 12.7. The Hall–Kier alpha value is -0.680. The first-order valence-electron chi connectivity index (χ1n) is 4.60. The molecule has 1 aliphatic heterocycles. The third kappa shape index (κ3) is 1.97. The fraction of sp³-hybridized carbons (Fsp3) is 0.875. The van der Waals surface area contributed by atoms with Crippen molar-refractivity contribution >= 4 is 5.91 Å². The van der Waals surface area contributed by atoms with Crippen molar-refractivity contribution in [3.05, 3.63) is 0 Å². The van der Waals surface area contributed by atoms with Crippen molar-refractivity contribution in [3.63, 3.8) is 0 Å². The van der Waals surface area contributed by atoms with Crippen LogP contribution in [0.25, 0.3) is 0 Å². The maximum Gasteiger partial charge on any atom is 0.237 e. The molecule has 0 aromatic carbocycles. The third-order valence-electron chi connectivity index (χ3n) is 2.56. The summed E-state index contributed by atoms with van der Waals surface area (Å²) in [6.45, 7) is 0.287. The van der Waals surface area contributed by atoms with Gasteiger partial charge in [-0.15, -0.1) is 0 Å².